The Bertz CT molecular complexity index is 736. The zero-order chi connectivity index (χ0) is 16.6. The molecule has 2 aromatic rings. The molecule has 120 valence electrons. The zero-order valence-corrected chi connectivity index (χ0v) is 13.1. The van der Waals surface area contributed by atoms with Crippen molar-refractivity contribution in [3.8, 4) is 5.69 Å². The number of amides is 1. The minimum absolute atomic E-state index is 0.0255. The largest absolute Gasteiger partial charge is 0.481 e. The van der Waals surface area contributed by atoms with Crippen LogP contribution in [-0.2, 0) is 4.79 Å². The molecule has 0 spiro atoms. The normalized spacial score (nSPS) is 20.7. The van der Waals surface area contributed by atoms with Crippen molar-refractivity contribution >= 4 is 11.9 Å². The van der Waals surface area contributed by atoms with Crippen LogP contribution in [0.2, 0.25) is 0 Å². The van der Waals surface area contributed by atoms with Crippen LogP contribution in [-0.4, -0.2) is 44.8 Å². The molecule has 3 rings (SSSR count). The highest BCUT2D eigenvalue weighted by molar-refractivity contribution is 5.95. The van der Waals surface area contributed by atoms with E-state index in [1.807, 2.05) is 32.0 Å². The maximum Gasteiger partial charge on any atom is 0.308 e. The first-order valence-electron chi connectivity index (χ1n) is 7.60. The summed E-state index contributed by atoms with van der Waals surface area (Å²) in [6.07, 6.45) is 1.73. The van der Waals surface area contributed by atoms with Crippen molar-refractivity contribution in [2.45, 2.75) is 13.8 Å². The summed E-state index contributed by atoms with van der Waals surface area (Å²) >= 11 is 0. The first-order valence-corrected chi connectivity index (χ1v) is 7.60. The van der Waals surface area contributed by atoms with Crippen molar-refractivity contribution in [1.82, 2.24) is 14.7 Å². The van der Waals surface area contributed by atoms with Gasteiger partial charge in [-0.05, 0) is 43.2 Å². The number of aryl methyl sites for hydroxylation is 1. The van der Waals surface area contributed by atoms with E-state index in [1.165, 1.54) is 0 Å². The average molecular weight is 313 g/mol. The molecule has 0 saturated carbocycles. The molecule has 1 fully saturated rings. The van der Waals surface area contributed by atoms with E-state index in [-0.39, 0.29) is 18.4 Å². The van der Waals surface area contributed by atoms with Gasteiger partial charge in [0.2, 0.25) is 0 Å². The Balaban J connectivity index is 1.76. The average Bonchev–Trinajstić information content (AvgIpc) is 3.12. The Labute approximate surface area is 134 Å². The Morgan fingerprint density at radius 3 is 2.39 bits per heavy atom. The maximum absolute atomic E-state index is 12.5. The SMILES string of the molecule is Cc1ccnn1-c1ccc(C(=O)N2C[C@@H](C)[C@H](C(=O)O)C2)cc1. The van der Waals surface area contributed by atoms with Crippen molar-refractivity contribution < 1.29 is 14.7 Å². The van der Waals surface area contributed by atoms with Crippen molar-refractivity contribution in [3.05, 3.63) is 47.8 Å². The van der Waals surface area contributed by atoms with E-state index < -0.39 is 11.9 Å². The van der Waals surface area contributed by atoms with Crippen molar-refractivity contribution in [2.24, 2.45) is 11.8 Å². The lowest BCUT2D eigenvalue weighted by Gasteiger charge is -2.16. The van der Waals surface area contributed by atoms with Gasteiger partial charge < -0.3 is 10.0 Å². The fraction of sp³-hybridized carbons (Fsp3) is 0.353. The summed E-state index contributed by atoms with van der Waals surface area (Å²) in [5.41, 5.74) is 2.47. The number of carbonyl (C=O) groups excluding carboxylic acids is 1. The second-order valence-electron chi connectivity index (χ2n) is 6.06. The van der Waals surface area contributed by atoms with Gasteiger partial charge in [0, 0.05) is 30.5 Å². The summed E-state index contributed by atoms with van der Waals surface area (Å²) in [6, 6.07) is 9.13. The van der Waals surface area contributed by atoms with Gasteiger partial charge in [0.25, 0.3) is 5.91 Å². The van der Waals surface area contributed by atoms with E-state index in [2.05, 4.69) is 5.10 Å². The molecular weight excluding hydrogens is 294 g/mol. The van der Waals surface area contributed by atoms with E-state index in [0.717, 1.165) is 11.4 Å². The lowest BCUT2D eigenvalue weighted by atomic mass is 9.99. The van der Waals surface area contributed by atoms with Crippen LogP contribution < -0.4 is 0 Å². The van der Waals surface area contributed by atoms with Crippen molar-refractivity contribution in [2.75, 3.05) is 13.1 Å². The molecule has 0 aliphatic carbocycles. The van der Waals surface area contributed by atoms with Gasteiger partial charge in [0.05, 0.1) is 11.6 Å². The van der Waals surface area contributed by atoms with E-state index in [0.29, 0.717) is 12.1 Å². The monoisotopic (exact) mass is 313 g/mol. The van der Waals surface area contributed by atoms with Crippen LogP contribution in [0.4, 0.5) is 0 Å². The first-order chi connectivity index (χ1) is 11.0. The number of rotatable bonds is 3. The summed E-state index contributed by atoms with van der Waals surface area (Å²) < 4.78 is 1.80. The minimum atomic E-state index is -0.836. The molecule has 2 atom stereocenters. The fourth-order valence-electron chi connectivity index (χ4n) is 3.02. The molecule has 23 heavy (non-hydrogen) atoms. The van der Waals surface area contributed by atoms with Crippen LogP contribution in [0.3, 0.4) is 0 Å². The molecule has 1 aromatic carbocycles. The first kappa shape index (κ1) is 15.3. The maximum atomic E-state index is 12.5. The van der Waals surface area contributed by atoms with E-state index in [4.69, 9.17) is 0 Å². The molecule has 0 radical (unpaired) electrons. The van der Waals surface area contributed by atoms with Crippen LogP contribution in [0.15, 0.2) is 36.5 Å². The lowest BCUT2D eigenvalue weighted by molar-refractivity contribution is -0.142. The third-order valence-electron chi connectivity index (χ3n) is 4.41. The van der Waals surface area contributed by atoms with Crippen LogP contribution in [0, 0.1) is 18.8 Å². The Morgan fingerprint density at radius 1 is 1.17 bits per heavy atom. The molecular formula is C17H19N3O3. The molecule has 1 saturated heterocycles. The molecule has 6 heteroatoms. The van der Waals surface area contributed by atoms with E-state index in [1.54, 1.807) is 27.9 Å². The predicted molar refractivity (Wildman–Crippen MR) is 84.5 cm³/mol. The van der Waals surface area contributed by atoms with Crippen molar-refractivity contribution in [3.63, 3.8) is 0 Å². The number of nitrogens with zero attached hydrogens (tertiary/aromatic N) is 3. The van der Waals surface area contributed by atoms with Crippen molar-refractivity contribution in [1.29, 1.82) is 0 Å². The summed E-state index contributed by atoms with van der Waals surface area (Å²) in [6.45, 7) is 4.59. The molecule has 1 N–H and O–H groups in total. The predicted octanol–water partition coefficient (Wildman–Crippen LogP) is 1.97. The Kier molecular flexibility index (Phi) is 3.90. The van der Waals surface area contributed by atoms with Gasteiger partial charge in [-0.25, -0.2) is 4.68 Å². The van der Waals surface area contributed by atoms with E-state index in [9.17, 15) is 14.7 Å². The highest BCUT2D eigenvalue weighted by atomic mass is 16.4. The second-order valence-corrected chi connectivity index (χ2v) is 6.06. The number of hydrogen-bond acceptors (Lipinski definition) is 3. The topological polar surface area (TPSA) is 75.4 Å². The van der Waals surface area contributed by atoms with Crippen LogP contribution >= 0.6 is 0 Å². The van der Waals surface area contributed by atoms with Gasteiger partial charge in [-0.3, -0.25) is 9.59 Å². The third-order valence-corrected chi connectivity index (χ3v) is 4.41. The minimum Gasteiger partial charge on any atom is -0.481 e. The fourth-order valence-corrected chi connectivity index (χ4v) is 3.02. The van der Waals surface area contributed by atoms with E-state index >= 15 is 0 Å². The molecule has 0 unspecified atom stereocenters. The number of likely N-dealkylation sites (tertiary alicyclic amines) is 1. The number of carboxylic acid groups (broad SMARTS) is 1. The third kappa shape index (κ3) is 2.84. The Morgan fingerprint density at radius 2 is 1.87 bits per heavy atom. The summed E-state index contributed by atoms with van der Waals surface area (Å²) in [5.74, 6) is -1.46. The molecule has 1 aliphatic rings. The zero-order valence-electron chi connectivity index (χ0n) is 13.1. The molecule has 1 amide bonds. The second kappa shape index (κ2) is 5.87. The van der Waals surface area contributed by atoms with Crippen LogP contribution in [0.25, 0.3) is 5.69 Å². The number of carboxylic acids is 1. The number of carbonyl (C=O) groups is 2. The summed E-state index contributed by atoms with van der Waals surface area (Å²) in [4.78, 5) is 25.3. The number of hydrogen-bond donors (Lipinski definition) is 1. The molecule has 2 heterocycles. The standard InChI is InChI=1S/C17H19N3O3/c1-11-9-19(10-15(11)17(22)23)16(21)13-3-5-14(6-4-13)20-12(2)7-8-18-20/h3-8,11,15H,9-10H2,1-2H3,(H,22,23)/t11-,15-/m1/s1. The van der Waals surface area contributed by atoms with Gasteiger partial charge in [-0.1, -0.05) is 6.92 Å². The summed E-state index contributed by atoms with van der Waals surface area (Å²) in [7, 11) is 0. The highest BCUT2D eigenvalue weighted by Gasteiger charge is 2.37. The number of aromatic nitrogens is 2. The molecule has 1 aromatic heterocycles. The molecule has 1 aliphatic heterocycles. The van der Waals surface area contributed by atoms with Gasteiger partial charge in [-0.15, -0.1) is 0 Å². The summed E-state index contributed by atoms with van der Waals surface area (Å²) in [5, 5.41) is 13.4. The smallest absolute Gasteiger partial charge is 0.308 e. The van der Waals surface area contributed by atoms with Crippen LogP contribution in [0.5, 0.6) is 0 Å². The van der Waals surface area contributed by atoms with Crippen LogP contribution in [0.1, 0.15) is 23.0 Å². The molecule has 6 nitrogen and oxygen atoms in total. The number of aliphatic carboxylic acids is 1. The number of benzene rings is 1. The van der Waals surface area contributed by atoms with Gasteiger partial charge in [0.15, 0.2) is 0 Å². The quantitative estimate of drug-likeness (QED) is 0.940. The van der Waals surface area contributed by atoms with Gasteiger partial charge >= 0.3 is 5.97 Å². The highest BCUT2D eigenvalue weighted by Crippen LogP contribution is 2.25. The molecule has 0 bridgehead atoms. The lowest BCUT2D eigenvalue weighted by Crippen LogP contribution is -2.29. The Hall–Kier alpha value is -2.63. The van der Waals surface area contributed by atoms with Gasteiger partial charge in [0.1, 0.15) is 0 Å². The van der Waals surface area contributed by atoms with Gasteiger partial charge in [-0.2, -0.15) is 5.10 Å².